The molecule has 140 valence electrons. The minimum Gasteiger partial charge on any atom is -0.367 e. The zero-order valence-electron chi connectivity index (χ0n) is 14.9. The molecule has 1 saturated carbocycles. The van der Waals surface area contributed by atoms with E-state index in [1.807, 2.05) is 17.0 Å². The number of ether oxygens (including phenoxy) is 1. The van der Waals surface area contributed by atoms with Crippen molar-refractivity contribution in [2.24, 2.45) is 11.7 Å². The number of carbonyl (C=O) groups is 2. The number of nitrogens with one attached hydrogen (secondary N) is 1. The van der Waals surface area contributed by atoms with Crippen molar-refractivity contribution < 1.29 is 14.3 Å². The predicted molar refractivity (Wildman–Crippen MR) is 96.6 cm³/mol. The summed E-state index contributed by atoms with van der Waals surface area (Å²) in [5, 5.41) is 3.33. The molecule has 7 nitrogen and oxygen atoms in total. The molecule has 0 bridgehead atoms. The molecular weight excluding hydrogens is 332 g/mol. The van der Waals surface area contributed by atoms with Gasteiger partial charge in [-0.1, -0.05) is 0 Å². The number of anilines is 1. The molecule has 26 heavy (non-hydrogen) atoms. The Morgan fingerprint density at radius 2 is 1.88 bits per heavy atom. The third-order valence-electron chi connectivity index (χ3n) is 5.66. The fraction of sp³-hybridized carbons (Fsp3) is 0.632. The summed E-state index contributed by atoms with van der Waals surface area (Å²) in [4.78, 5) is 30.2. The van der Waals surface area contributed by atoms with Crippen LogP contribution in [-0.4, -0.2) is 53.0 Å². The Morgan fingerprint density at radius 3 is 2.46 bits per heavy atom. The maximum Gasteiger partial charge on any atom is 0.255 e. The summed E-state index contributed by atoms with van der Waals surface area (Å²) in [5.41, 5.74) is 5.96. The average Bonchev–Trinajstić information content (AvgIpc) is 3.33. The highest BCUT2D eigenvalue weighted by atomic mass is 16.5. The summed E-state index contributed by atoms with van der Waals surface area (Å²) in [6.07, 6.45) is 7.11. The smallest absolute Gasteiger partial charge is 0.255 e. The summed E-state index contributed by atoms with van der Waals surface area (Å²) >= 11 is 0. The minimum atomic E-state index is -0.437. The lowest BCUT2D eigenvalue weighted by molar-refractivity contribution is -0.130. The number of piperidine rings is 1. The number of amides is 2. The van der Waals surface area contributed by atoms with E-state index in [-0.39, 0.29) is 17.9 Å². The highest BCUT2D eigenvalue weighted by Crippen LogP contribution is 2.32. The molecule has 1 aliphatic carbocycles. The van der Waals surface area contributed by atoms with Crippen LogP contribution in [0, 0.1) is 5.92 Å². The van der Waals surface area contributed by atoms with Gasteiger partial charge in [-0.2, -0.15) is 0 Å². The topological polar surface area (TPSA) is 97.6 Å². The van der Waals surface area contributed by atoms with Crippen LogP contribution in [0.4, 0.5) is 5.82 Å². The predicted octanol–water partition coefficient (Wildman–Crippen LogP) is 1.54. The van der Waals surface area contributed by atoms with Crippen LogP contribution in [0.5, 0.6) is 0 Å². The van der Waals surface area contributed by atoms with Gasteiger partial charge >= 0.3 is 0 Å². The van der Waals surface area contributed by atoms with Gasteiger partial charge in [0.2, 0.25) is 5.91 Å². The lowest BCUT2D eigenvalue weighted by Gasteiger charge is -2.34. The molecule has 3 heterocycles. The van der Waals surface area contributed by atoms with E-state index in [2.05, 4.69) is 10.3 Å². The van der Waals surface area contributed by atoms with E-state index in [0.29, 0.717) is 37.0 Å². The SMILES string of the molecule is NC(=O)[C@H]1CC[C@@H](C2CCN(C(=O)c3ccc(NC4CC4)nc3)CC2)O1. The van der Waals surface area contributed by atoms with Crippen molar-refractivity contribution in [3.8, 4) is 0 Å². The number of primary amides is 1. The Labute approximate surface area is 153 Å². The van der Waals surface area contributed by atoms with E-state index in [1.54, 1.807) is 6.20 Å². The third kappa shape index (κ3) is 3.82. The molecule has 2 amide bonds. The first-order valence-corrected chi connectivity index (χ1v) is 9.57. The summed E-state index contributed by atoms with van der Waals surface area (Å²) in [6.45, 7) is 1.43. The van der Waals surface area contributed by atoms with Crippen LogP contribution in [-0.2, 0) is 9.53 Å². The highest BCUT2D eigenvalue weighted by molar-refractivity contribution is 5.94. The number of aromatic nitrogens is 1. The van der Waals surface area contributed by atoms with Crippen LogP contribution in [0.2, 0.25) is 0 Å². The van der Waals surface area contributed by atoms with Gasteiger partial charge in [-0.3, -0.25) is 9.59 Å². The van der Waals surface area contributed by atoms with Gasteiger partial charge in [0.05, 0.1) is 11.7 Å². The van der Waals surface area contributed by atoms with Gasteiger partial charge in [0.15, 0.2) is 0 Å². The molecule has 2 atom stereocenters. The number of rotatable bonds is 5. The average molecular weight is 358 g/mol. The Kier molecular flexibility index (Phi) is 4.80. The number of nitrogens with zero attached hydrogens (tertiary/aromatic N) is 2. The van der Waals surface area contributed by atoms with Crippen molar-refractivity contribution in [3.05, 3.63) is 23.9 Å². The van der Waals surface area contributed by atoms with Crippen molar-refractivity contribution in [3.63, 3.8) is 0 Å². The van der Waals surface area contributed by atoms with E-state index in [4.69, 9.17) is 10.5 Å². The Hall–Kier alpha value is -2.15. The van der Waals surface area contributed by atoms with E-state index < -0.39 is 6.10 Å². The number of likely N-dealkylation sites (tertiary alicyclic amines) is 1. The number of hydrogen-bond acceptors (Lipinski definition) is 5. The van der Waals surface area contributed by atoms with Gasteiger partial charge in [0.1, 0.15) is 11.9 Å². The molecule has 4 rings (SSSR count). The van der Waals surface area contributed by atoms with Crippen LogP contribution < -0.4 is 11.1 Å². The first-order chi connectivity index (χ1) is 12.6. The zero-order chi connectivity index (χ0) is 18.1. The minimum absolute atomic E-state index is 0.0382. The van der Waals surface area contributed by atoms with Gasteiger partial charge in [0.25, 0.3) is 5.91 Å². The first kappa shape index (κ1) is 17.3. The van der Waals surface area contributed by atoms with Crippen LogP contribution in [0.15, 0.2) is 18.3 Å². The van der Waals surface area contributed by atoms with Gasteiger partial charge in [-0.05, 0) is 56.6 Å². The fourth-order valence-corrected chi connectivity index (χ4v) is 3.92. The molecule has 0 spiro atoms. The van der Waals surface area contributed by atoms with E-state index in [0.717, 1.165) is 25.1 Å². The molecule has 0 unspecified atom stereocenters. The van der Waals surface area contributed by atoms with Crippen molar-refractivity contribution >= 4 is 17.6 Å². The van der Waals surface area contributed by atoms with Crippen LogP contribution in [0.3, 0.4) is 0 Å². The van der Waals surface area contributed by atoms with Crippen LogP contribution in [0.25, 0.3) is 0 Å². The van der Waals surface area contributed by atoms with Crippen molar-refractivity contribution in [1.29, 1.82) is 0 Å². The molecular formula is C19H26N4O3. The Morgan fingerprint density at radius 1 is 1.12 bits per heavy atom. The Balaban J connectivity index is 1.28. The molecule has 2 aliphatic heterocycles. The second-order valence-electron chi connectivity index (χ2n) is 7.62. The van der Waals surface area contributed by atoms with Crippen molar-refractivity contribution in [2.75, 3.05) is 18.4 Å². The summed E-state index contributed by atoms with van der Waals surface area (Å²) in [5.74, 6) is 0.903. The molecule has 3 aliphatic rings. The van der Waals surface area contributed by atoms with Gasteiger partial charge in [0, 0.05) is 25.3 Å². The summed E-state index contributed by atoms with van der Waals surface area (Å²) in [6, 6.07) is 4.29. The van der Waals surface area contributed by atoms with Gasteiger partial charge in [-0.25, -0.2) is 4.98 Å². The Bertz CT molecular complexity index is 666. The van der Waals surface area contributed by atoms with E-state index >= 15 is 0 Å². The molecule has 7 heteroatoms. The zero-order valence-corrected chi connectivity index (χ0v) is 14.9. The quantitative estimate of drug-likeness (QED) is 0.832. The largest absolute Gasteiger partial charge is 0.367 e. The summed E-state index contributed by atoms with van der Waals surface area (Å²) in [7, 11) is 0. The first-order valence-electron chi connectivity index (χ1n) is 9.57. The monoisotopic (exact) mass is 358 g/mol. The maximum atomic E-state index is 12.7. The van der Waals surface area contributed by atoms with Crippen LogP contribution in [0.1, 0.15) is 48.9 Å². The third-order valence-corrected chi connectivity index (χ3v) is 5.66. The standard InChI is InChI=1S/C19H26N4O3/c20-18(24)16-5-4-15(26-16)12-7-9-23(10-8-12)19(25)13-1-6-17(21-11-13)22-14-2-3-14/h1,6,11-12,14-16H,2-5,7-10H2,(H2,20,24)(H,21,22)/t15-,16+/m0/s1. The molecule has 3 fully saturated rings. The van der Waals surface area contributed by atoms with Gasteiger partial charge in [-0.15, -0.1) is 0 Å². The van der Waals surface area contributed by atoms with Crippen molar-refractivity contribution in [2.45, 2.75) is 56.8 Å². The van der Waals surface area contributed by atoms with E-state index in [9.17, 15) is 9.59 Å². The second-order valence-corrected chi connectivity index (χ2v) is 7.62. The lowest BCUT2D eigenvalue weighted by Crippen LogP contribution is -2.41. The fourth-order valence-electron chi connectivity index (χ4n) is 3.92. The summed E-state index contributed by atoms with van der Waals surface area (Å²) < 4.78 is 5.80. The van der Waals surface area contributed by atoms with E-state index in [1.165, 1.54) is 12.8 Å². The number of hydrogen-bond donors (Lipinski definition) is 2. The second kappa shape index (κ2) is 7.23. The molecule has 3 N–H and O–H groups in total. The highest BCUT2D eigenvalue weighted by Gasteiger charge is 2.36. The number of nitrogens with two attached hydrogens (primary N) is 1. The molecule has 0 aromatic carbocycles. The number of carbonyl (C=O) groups excluding carboxylic acids is 2. The van der Waals surface area contributed by atoms with Gasteiger partial charge < -0.3 is 20.7 Å². The molecule has 2 saturated heterocycles. The van der Waals surface area contributed by atoms with Crippen molar-refractivity contribution in [1.82, 2.24) is 9.88 Å². The number of pyridine rings is 1. The molecule has 1 aromatic heterocycles. The normalized spacial score (nSPS) is 26.7. The maximum absolute atomic E-state index is 12.7. The lowest BCUT2D eigenvalue weighted by atomic mass is 9.89. The molecule has 0 radical (unpaired) electrons. The van der Waals surface area contributed by atoms with Crippen LogP contribution >= 0.6 is 0 Å². The molecule has 1 aromatic rings.